The highest BCUT2D eigenvalue weighted by atomic mass is 19.3. The molecule has 0 aliphatic rings. The largest absolute Gasteiger partial charge is 0.275 e. The first-order chi connectivity index (χ1) is 8.00. The molecule has 0 aliphatic carbocycles. The first-order valence-electron chi connectivity index (χ1n) is 4.76. The Morgan fingerprint density at radius 3 is 2.59 bits per heavy atom. The van der Waals surface area contributed by atoms with E-state index in [0.717, 1.165) is 16.9 Å². The Morgan fingerprint density at radius 2 is 1.94 bits per heavy atom. The Balaban J connectivity index is 2.64. The van der Waals surface area contributed by atoms with Gasteiger partial charge in [-0.05, 0) is 12.1 Å². The molecule has 2 rings (SSSR count). The van der Waals surface area contributed by atoms with Crippen molar-refractivity contribution in [3.8, 4) is 11.3 Å². The lowest BCUT2D eigenvalue weighted by atomic mass is 10.1. The van der Waals surface area contributed by atoms with Crippen molar-refractivity contribution in [2.45, 2.75) is 6.43 Å². The van der Waals surface area contributed by atoms with Gasteiger partial charge in [0.2, 0.25) is 0 Å². The second-order valence-corrected chi connectivity index (χ2v) is 3.51. The van der Waals surface area contributed by atoms with Gasteiger partial charge in [-0.15, -0.1) is 0 Å². The van der Waals surface area contributed by atoms with Crippen LogP contribution in [0.3, 0.4) is 0 Å². The third-order valence-corrected chi connectivity index (χ3v) is 2.30. The summed E-state index contributed by atoms with van der Waals surface area (Å²) < 4.78 is 53.0. The fourth-order valence-electron chi connectivity index (χ4n) is 1.56. The minimum atomic E-state index is -2.79. The Labute approximate surface area is 94.5 Å². The molecular formula is C11H8F4N2. The van der Waals surface area contributed by atoms with Gasteiger partial charge in [-0.25, -0.2) is 17.6 Å². The predicted molar refractivity (Wildman–Crippen MR) is 53.5 cm³/mol. The second-order valence-electron chi connectivity index (χ2n) is 3.51. The number of aryl methyl sites for hydroxylation is 1. The normalized spacial score (nSPS) is 11.2. The van der Waals surface area contributed by atoms with Crippen LogP contribution in [0.2, 0.25) is 0 Å². The zero-order valence-electron chi connectivity index (χ0n) is 8.79. The van der Waals surface area contributed by atoms with Crippen molar-refractivity contribution in [2.75, 3.05) is 0 Å². The molecule has 90 valence electrons. The molecule has 17 heavy (non-hydrogen) atoms. The van der Waals surface area contributed by atoms with Gasteiger partial charge >= 0.3 is 0 Å². The molecule has 1 heterocycles. The SMILES string of the molecule is Cn1cc(C(F)F)c(-c2cccc(F)c2F)n1. The average molecular weight is 244 g/mol. The third-order valence-electron chi connectivity index (χ3n) is 2.30. The van der Waals surface area contributed by atoms with Crippen molar-refractivity contribution in [1.82, 2.24) is 9.78 Å². The predicted octanol–water partition coefficient (Wildman–Crippen LogP) is 3.30. The second kappa shape index (κ2) is 4.20. The number of alkyl halides is 2. The molecule has 0 aliphatic heterocycles. The van der Waals surface area contributed by atoms with Gasteiger partial charge in [0.15, 0.2) is 11.6 Å². The zero-order valence-corrected chi connectivity index (χ0v) is 8.79. The molecule has 1 aromatic carbocycles. The summed E-state index contributed by atoms with van der Waals surface area (Å²) >= 11 is 0. The standard InChI is InChI=1S/C11H8F4N2/c1-17-5-7(11(14)15)10(16-17)6-3-2-4-8(12)9(6)13/h2-5,11H,1H3. The van der Waals surface area contributed by atoms with E-state index in [0.29, 0.717) is 0 Å². The molecule has 0 amide bonds. The molecule has 1 aromatic heterocycles. The van der Waals surface area contributed by atoms with E-state index >= 15 is 0 Å². The van der Waals surface area contributed by atoms with Crippen molar-refractivity contribution >= 4 is 0 Å². The van der Waals surface area contributed by atoms with E-state index in [1.54, 1.807) is 0 Å². The van der Waals surface area contributed by atoms with Gasteiger partial charge in [-0.3, -0.25) is 4.68 Å². The molecule has 6 heteroatoms. The zero-order chi connectivity index (χ0) is 12.6. The fraction of sp³-hybridized carbons (Fsp3) is 0.182. The first-order valence-corrected chi connectivity index (χ1v) is 4.76. The molecule has 0 saturated carbocycles. The maximum Gasteiger partial charge on any atom is 0.267 e. The van der Waals surface area contributed by atoms with E-state index in [4.69, 9.17) is 0 Å². The summed E-state index contributed by atoms with van der Waals surface area (Å²) in [5.74, 6) is -2.26. The maximum atomic E-state index is 13.5. The van der Waals surface area contributed by atoms with Crippen LogP contribution < -0.4 is 0 Å². The molecule has 0 bridgehead atoms. The highest BCUT2D eigenvalue weighted by Gasteiger charge is 2.21. The van der Waals surface area contributed by atoms with Crippen LogP contribution in [-0.4, -0.2) is 9.78 Å². The number of hydrogen-bond acceptors (Lipinski definition) is 1. The van der Waals surface area contributed by atoms with Crippen molar-refractivity contribution in [1.29, 1.82) is 0 Å². The molecular weight excluding hydrogens is 236 g/mol. The van der Waals surface area contributed by atoms with Gasteiger partial charge in [0.05, 0.1) is 5.56 Å². The molecule has 2 aromatic rings. The third kappa shape index (κ3) is 2.02. The highest BCUT2D eigenvalue weighted by molar-refractivity contribution is 5.63. The summed E-state index contributed by atoms with van der Waals surface area (Å²) in [6, 6.07) is 3.38. The number of halogens is 4. The lowest BCUT2D eigenvalue weighted by Crippen LogP contribution is -1.94. The van der Waals surface area contributed by atoms with Gasteiger partial charge < -0.3 is 0 Å². The summed E-state index contributed by atoms with van der Waals surface area (Å²) in [5.41, 5.74) is -0.919. The summed E-state index contributed by atoms with van der Waals surface area (Å²) in [4.78, 5) is 0. The van der Waals surface area contributed by atoms with E-state index in [2.05, 4.69) is 5.10 Å². The van der Waals surface area contributed by atoms with Crippen LogP contribution in [0.5, 0.6) is 0 Å². The van der Waals surface area contributed by atoms with Gasteiger partial charge in [-0.2, -0.15) is 5.10 Å². The van der Waals surface area contributed by atoms with Crippen LogP contribution in [-0.2, 0) is 7.05 Å². The molecule has 0 unspecified atom stereocenters. The molecule has 0 atom stereocenters. The van der Waals surface area contributed by atoms with Crippen molar-refractivity contribution < 1.29 is 17.6 Å². The minimum Gasteiger partial charge on any atom is -0.275 e. The van der Waals surface area contributed by atoms with Crippen LogP contribution >= 0.6 is 0 Å². The van der Waals surface area contributed by atoms with E-state index < -0.39 is 23.6 Å². The fourth-order valence-corrected chi connectivity index (χ4v) is 1.56. The van der Waals surface area contributed by atoms with E-state index in [1.165, 1.54) is 19.2 Å². The van der Waals surface area contributed by atoms with Gasteiger partial charge in [0.25, 0.3) is 6.43 Å². The Morgan fingerprint density at radius 1 is 1.24 bits per heavy atom. The Kier molecular flexibility index (Phi) is 2.87. The van der Waals surface area contributed by atoms with Crippen molar-refractivity contribution in [3.05, 3.63) is 41.6 Å². The number of hydrogen-bond donors (Lipinski definition) is 0. The molecule has 0 saturated heterocycles. The van der Waals surface area contributed by atoms with Crippen LogP contribution in [0, 0.1) is 11.6 Å². The quantitative estimate of drug-likeness (QED) is 0.741. The van der Waals surface area contributed by atoms with Gasteiger partial charge in [0.1, 0.15) is 5.69 Å². The summed E-state index contributed by atoms with van der Waals surface area (Å²) in [6.45, 7) is 0. The Hall–Kier alpha value is -1.85. The van der Waals surface area contributed by atoms with E-state index in [9.17, 15) is 17.6 Å². The molecule has 2 nitrogen and oxygen atoms in total. The minimum absolute atomic E-state index is 0.237. The summed E-state index contributed by atoms with van der Waals surface area (Å²) in [5, 5.41) is 3.73. The van der Waals surface area contributed by atoms with Crippen LogP contribution in [0.1, 0.15) is 12.0 Å². The summed E-state index contributed by atoms with van der Waals surface area (Å²) in [7, 11) is 1.44. The molecule has 0 N–H and O–H groups in total. The van der Waals surface area contributed by atoms with Crippen molar-refractivity contribution in [3.63, 3.8) is 0 Å². The highest BCUT2D eigenvalue weighted by Crippen LogP contribution is 2.31. The Bertz CT molecular complexity index is 548. The van der Waals surface area contributed by atoms with Crippen LogP contribution in [0.15, 0.2) is 24.4 Å². The number of nitrogens with zero attached hydrogens (tertiary/aromatic N) is 2. The molecule has 0 radical (unpaired) electrons. The maximum absolute atomic E-state index is 13.5. The lowest BCUT2D eigenvalue weighted by Gasteiger charge is -2.03. The number of rotatable bonds is 2. The average Bonchev–Trinajstić information content (AvgIpc) is 2.64. The topological polar surface area (TPSA) is 17.8 Å². The first kappa shape index (κ1) is 11.6. The number of aromatic nitrogens is 2. The van der Waals surface area contributed by atoms with Crippen LogP contribution in [0.25, 0.3) is 11.3 Å². The smallest absolute Gasteiger partial charge is 0.267 e. The van der Waals surface area contributed by atoms with Crippen LogP contribution in [0.4, 0.5) is 17.6 Å². The van der Waals surface area contributed by atoms with E-state index in [1.807, 2.05) is 0 Å². The monoisotopic (exact) mass is 244 g/mol. The lowest BCUT2D eigenvalue weighted by molar-refractivity contribution is 0.152. The molecule has 0 fully saturated rings. The molecule has 0 spiro atoms. The van der Waals surface area contributed by atoms with Gasteiger partial charge in [-0.1, -0.05) is 6.07 Å². The van der Waals surface area contributed by atoms with Gasteiger partial charge in [0, 0.05) is 18.8 Å². The summed E-state index contributed by atoms with van der Waals surface area (Å²) in [6.07, 6.45) is -1.70. The van der Waals surface area contributed by atoms with Crippen molar-refractivity contribution in [2.24, 2.45) is 7.05 Å². The number of benzene rings is 1. The van der Waals surface area contributed by atoms with E-state index in [-0.39, 0.29) is 11.3 Å².